The Morgan fingerprint density at radius 1 is 0.659 bits per heavy atom. The minimum atomic E-state index is -0.463. The van der Waals surface area contributed by atoms with Crippen LogP contribution in [0.15, 0.2) is 11.6 Å². The van der Waals surface area contributed by atoms with Gasteiger partial charge in [-0.05, 0) is 57.9 Å². The number of hydrogen-bond donors (Lipinski definition) is 3. The topological polar surface area (TPSA) is 105 Å². The molecule has 3 heterocycles. The molecule has 7 nitrogen and oxygen atoms in total. The molecule has 0 aromatic heterocycles. The van der Waals surface area contributed by atoms with Crippen molar-refractivity contribution in [3.05, 3.63) is 11.6 Å². The summed E-state index contributed by atoms with van der Waals surface area (Å²) in [5, 5.41) is 31.6. The molecule has 3 rings (SSSR count). The van der Waals surface area contributed by atoms with Crippen LogP contribution < -0.4 is 0 Å². The summed E-state index contributed by atoms with van der Waals surface area (Å²) in [7, 11) is 0. The lowest BCUT2D eigenvalue weighted by Crippen LogP contribution is -2.33. The van der Waals surface area contributed by atoms with Crippen LogP contribution in [0.1, 0.15) is 168 Å². The number of unbranched alkanes of at least 4 members (excludes halogenated alkanes) is 14. The Bertz CT molecular complexity index is 801. The molecule has 8 atom stereocenters. The number of hydrogen-bond acceptors (Lipinski definition) is 7. The first-order chi connectivity index (χ1) is 21.4. The monoisotopic (exact) mass is 622 g/mol. The van der Waals surface area contributed by atoms with E-state index in [1.165, 1.54) is 70.6 Å². The van der Waals surface area contributed by atoms with E-state index < -0.39 is 12.2 Å². The van der Waals surface area contributed by atoms with Crippen LogP contribution in [-0.4, -0.2) is 70.1 Å². The minimum absolute atomic E-state index is 0.0519. The van der Waals surface area contributed by atoms with Gasteiger partial charge in [0.05, 0.1) is 42.7 Å². The number of esters is 1. The molecule has 0 aliphatic carbocycles. The molecule has 7 heteroatoms. The van der Waals surface area contributed by atoms with E-state index >= 15 is 0 Å². The molecular formula is C37H66O7. The van der Waals surface area contributed by atoms with E-state index in [4.69, 9.17) is 14.2 Å². The van der Waals surface area contributed by atoms with Gasteiger partial charge in [0.2, 0.25) is 0 Å². The van der Waals surface area contributed by atoms with Crippen molar-refractivity contribution in [1.82, 2.24) is 0 Å². The minimum Gasteiger partial charge on any atom is -0.455 e. The molecule has 3 N–H and O–H groups in total. The van der Waals surface area contributed by atoms with E-state index in [1.54, 1.807) is 0 Å². The zero-order valence-electron chi connectivity index (χ0n) is 28.1. The van der Waals surface area contributed by atoms with Crippen LogP contribution in [0, 0.1) is 0 Å². The van der Waals surface area contributed by atoms with Gasteiger partial charge in [0, 0.05) is 12.0 Å². The normalized spacial score (nSPS) is 27.4. The highest BCUT2D eigenvalue weighted by molar-refractivity contribution is 5.90. The first kappa shape index (κ1) is 37.5. The Morgan fingerprint density at radius 2 is 1.09 bits per heavy atom. The highest BCUT2D eigenvalue weighted by atomic mass is 16.6. The second-order valence-corrected chi connectivity index (χ2v) is 14.0. The quantitative estimate of drug-likeness (QED) is 0.0703. The molecule has 2 fully saturated rings. The molecule has 0 spiro atoms. The fourth-order valence-corrected chi connectivity index (χ4v) is 7.28. The van der Waals surface area contributed by atoms with Crippen molar-refractivity contribution < 1.29 is 34.3 Å². The number of cyclic esters (lactones) is 1. The summed E-state index contributed by atoms with van der Waals surface area (Å²) < 4.78 is 17.7. The fraction of sp³-hybridized carbons (Fsp3) is 0.919. The van der Waals surface area contributed by atoms with Crippen LogP contribution in [0.2, 0.25) is 0 Å². The Hall–Kier alpha value is -0.990. The van der Waals surface area contributed by atoms with Crippen LogP contribution >= 0.6 is 0 Å². The summed E-state index contributed by atoms with van der Waals surface area (Å²) >= 11 is 0. The van der Waals surface area contributed by atoms with Gasteiger partial charge >= 0.3 is 5.97 Å². The van der Waals surface area contributed by atoms with Crippen molar-refractivity contribution in [1.29, 1.82) is 0 Å². The summed E-state index contributed by atoms with van der Waals surface area (Å²) in [6, 6.07) is 0. The fourth-order valence-electron chi connectivity index (χ4n) is 7.28. The van der Waals surface area contributed by atoms with Crippen molar-refractivity contribution in [2.24, 2.45) is 0 Å². The van der Waals surface area contributed by atoms with Crippen LogP contribution in [-0.2, 0) is 19.0 Å². The van der Waals surface area contributed by atoms with Crippen LogP contribution in [0.3, 0.4) is 0 Å². The van der Waals surface area contributed by atoms with Crippen molar-refractivity contribution in [3.8, 4) is 0 Å². The lowest BCUT2D eigenvalue weighted by molar-refractivity contribution is -0.139. The van der Waals surface area contributed by atoms with E-state index in [2.05, 4.69) is 6.92 Å². The van der Waals surface area contributed by atoms with Gasteiger partial charge in [-0.1, -0.05) is 110 Å². The standard InChI is InChI=1S/C37H66O7/c1-3-4-5-6-7-11-14-17-20-31(39)33-22-24-35(43-33)36-25-23-34(44-36)32(40)21-18-15-12-9-8-10-13-16-19-30(38)27-29-26-28(2)42-37(29)41/h26,28,30-36,38-40H,3-25,27H2,1-2H3/t28-,30+,31-,32+,33-,34-,35-,36-/m0/s1. The average Bonchev–Trinajstić information content (AvgIpc) is 3.75. The maximum Gasteiger partial charge on any atom is 0.334 e. The molecule has 0 aromatic carbocycles. The number of ether oxygens (including phenoxy) is 3. The van der Waals surface area contributed by atoms with Crippen LogP contribution in [0.25, 0.3) is 0 Å². The molecule has 0 unspecified atom stereocenters. The summed E-state index contributed by atoms with van der Waals surface area (Å²) in [5.74, 6) is -0.281. The van der Waals surface area contributed by atoms with Crippen molar-refractivity contribution >= 4 is 5.97 Å². The molecule has 0 saturated carbocycles. The number of rotatable bonds is 25. The van der Waals surface area contributed by atoms with Gasteiger partial charge in [-0.15, -0.1) is 0 Å². The molecule has 0 aromatic rings. The average molecular weight is 623 g/mol. The first-order valence-corrected chi connectivity index (χ1v) is 18.6. The molecule has 2 saturated heterocycles. The lowest BCUT2D eigenvalue weighted by Gasteiger charge is -2.24. The van der Waals surface area contributed by atoms with Crippen molar-refractivity contribution in [2.45, 2.75) is 217 Å². The Morgan fingerprint density at radius 3 is 1.52 bits per heavy atom. The second-order valence-electron chi connectivity index (χ2n) is 14.0. The van der Waals surface area contributed by atoms with Gasteiger partial charge in [0.25, 0.3) is 0 Å². The summed E-state index contributed by atoms with van der Waals surface area (Å²) in [4.78, 5) is 11.7. The van der Waals surface area contributed by atoms with Gasteiger partial charge in [0.1, 0.15) is 6.10 Å². The van der Waals surface area contributed by atoms with E-state index in [1.807, 2.05) is 13.0 Å². The summed E-state index contributed by atoms with van der Waals surface area (Å²) in [5.41, 5.74) is 0.617. The van der Waals surface area contributed by atoms with E-state index in [9.17, 15) is 20.1 Å². The lowest BCUT2D eigenvalue weighted by atomic mass is 10.00. The highest BCUT2D eigenvalue weighted by Crippen LogP contribution is 2.34. The van der Waals surface area contributed by atoms with Crippen molar-refractivity contribution in [2.75, 3.05) is 0 Å². The molecule has 44 heavy (non-hydrogen) atoms. The molecule has 0 bridgehead atoms. The predicted molar refractivity (Wildman–Crippen MR) is 175 cm³/mol. The number of aliphatic hydroxyl groups is 3. The van der Waals surface area contributed by atoms with E-state index in [0.717, 1.165) is 77.0 Å². The van der Waals surface area contributed by atoms with Gasteiger partial charge in [-0.25, -0.2) is 4.79 Å². The SMILES string of the molecule is CCCCCCCCCC[C@H](O)[C@@H]1CC[C@@H]([C@@H]2CC[C@@H]([C@H](O)CCCCCCCCCC[C@@H](O)CC3=C[C@H](C)OC3=O)O2)O1. The summed E-state index contributed by atoms with van der Waals surface area (Å²) in [6.45, 7) is 4.09. The highest BCUT2D eigenvalue weighted by Gasteiger charge is 2.40. The Balaban J connectivity index is 1.13. The summed E-state index contributed by atoms with van der Waals surface area (Å²) in [6.07, 6.45) is 26.1. The molecular weight excluding hydrogens is 556 g/mol. The molecule has 0 radical (unpaired) electrons. The third-order valence-corrected chi connectivity index (χ3v) is 10.0. The third kappa shape index (κ3) is 14.2. The number of carbonyl (C=O) groups is 1. The van der Waals surface area contributed by atoms with Crippen LogP contribution in [0.5, 0.6) is 0 Å². The molecule has 256 valence electrons. The van der Waals surface area contributed by atoms with Gasteiger partial charge in [0.15, 0.2) is 0 Å². The van der Waals surface area contributed by atoms with Crippen LogP contribution in [0.4, 0.5) is 0 Å². The first-order valence-electron chi connectivity index (χ1n) is 18.6. The van der Waals surface area contributed by atoms with Gasteiger partial charge in [-0.3, -0.25) is 0 Å². The zero-order valence-corrected chi connectivity index (χ0v) is 28.1. The van der Waals surface area contributed by atoms with E-state index in [-0.39, 0.29) is 42.6 Å². The maximum atomic E-state index is 11.7. The van der Waals surface area contributed by atoms with Gasteiger partial charge < -0.3 is 29.5 Å². The maximum absolute atomic E-state index is 11.7. The largest absolute Gasteiger partial charge is 0.455 e. The second kappa shape index (κ2) is 21.7. The van der Waals surface area contributed by atoms with E-state index in [0.29, 0.717) is 12.0 Å². The number of aliphatic hydroxyl groups excluding tert-OH is 3. The van der Waals surface area contributed by atoms with Crippen molar-refractivity contribution in [3.63, 3.8) is 0 Å². The van der Waals surface area contributed by atoms with Gasteiger partial charge in [-0.2, -0.15) is 0 Å². The molecule has 3 aliphatic rings. The third-order valence-electron chi connectivity index (χ3n) is 10.0. The molecule has 0 amide bonds. The Labute approximate surface area is 268 Å². The Kier molecular flexibility index (Phi) is 18.5. The smallest absolute Gasteiger partial charge is 0.334 e. The zero-order chi connectivity index (χ0) is 31.6. The predicted octanol–water partition coefficient (Wildman–Crippen LogP) is 7.86. The molecule has 3 aliphatic heterocycles. The number of carbonyl (C=O) groups excluding carboxylic acids is 1.